The lowest BCUT2D eigenvalue weighted by molar-refractivity contribution is -0.115. The molecule has 2 amide bonds. The van der Waals surface area contributed by atoms with Gasteiger partial charge in [0.2, 0.25) is 5.91 Å². The van der Waals surface area contributed by atoms with Gasteiger partial charge < -0.3 is 15.4 Å². The molecule has 2 N–H and O–H groups in total. The first-order valence-corrected chi connectivity index (χ1v) is 11.2. The summed E-state index contributed by atoms with van der Waals surface area (Å²) >= 11 is 18.9. The Kier molecular flexibility index (Phi) is 7.79. The van der Waals surface area contributed by atoms with Gasteiger partial charge in [0.15, 0.2) is 0 Å². The third-order valence-electron chi connectivity index (χ3n) is 4.45. The largest absolute Gasteiger partial charge is 0.465 e. The van der Waals surface area contributed by atoms with Crippen LogP contribution in [0.2, 0.25) is 15.1 Å². The van der Waals surface area contributed by atoms with E-state index < -0.39 is 11.9 Å². The first-order valence-electron chi connectivity index (χ1n) is 9.22. The zero-order valence-corrected chi connectivity index (χ0v) is 20.0. The lowest BCUT2D eigenvalue weighted by atomic mass is 10.1. The van der Waals surface area contributed by atoms with Gasteiger partial charge in [0.05, 0.1) is 34.7 Å². The van der Waals surface area contributed by atoms with Crippen LogP contribution in [0.25, 0.3) is 0 Å². The van der Waals surface area contributed by atoms with Crippen LogP contribution in [0.4, 0.5) is 10.7 Å². The monoisotopic (exact) mass is 510 g/mol. The Morgan fingerprint density at radius 3 is 2.28 bits per heavy atom. The van der Waals surface area contributed by atoms with Crippen molar-refractivity contribution in [2.24, 2.45) is 0 Å². The van der Waals surface area contributed by atoms with Crippen molar-refractivity contribution in [3.8, 4) is 0 Å². The van der Waals surface area contributed by atoms with Gasteiger partial charge in [-0.05, 0) is 48.4 Å². The number of hydrogen-bond donors (Lipinski definition) is 2. The molecule has 0 saturated carbocycles. The number of halogens is 3. The number of nitrogens with one attached hydrogen (secondary N) is 2. The highest BCUT2D eigenvalue weighted by atomic mass is 35.5. The van der Waals surface area contributed by atoms with Crippen LogP contribution in [0.5, 0.6) is 0 Å². The van der Waals surface area contributed by atoms with E-state index >= 15 is 0 Å². The van der Waals surface area contributed by atoms with E-state index in [1.807, 2.05) is 0 Å². The Hall–Kier alpha value is -2.58. The molecule has 0 saturated heterocycles. The minimum atomic E-state index is -0.666. The number of benzene rings is 2. The van der Waals surface area contributed by atoms with Gasteiger partial charge in [0, 0.05) is 10.0 Å². The maximum Gasteiger partial charge on any atom is 0.341 e. The fourth-order valence-corrected chi connectivity index (χ4v) is 4.47. The number of amides is 2. The predicted molar refractivity (Wildman–Crippen MR) is 129 cm³/mol. The van der Waals surface area contributed by atoms with Gasteiger partial charge in [-0.25, -0.2) is 4.79 Å². The summed E-state index contributed by atoms with van der Waals surface area (Å²) in [5.41, 5.74) is 1.56. The minimum absolute atomic E-state index is 0.0639. The van der Waals surface area contributed by atoms with Gasteiger partial charge in [-0.1, -0.05) is 46.9 Å². The van der Waals surface area contributed by atoms with Gasteiger partial charge in [-0.15, -0.1) is 11.3 Å². The van der Waals surface area contributed by atoms with Crippen molar-refractivity contribution in [1.29, 1.82) is 0 Å². The van der Waals surface area contributed by atoms with Crippen molar-refractivity contribution in [2.45, 2.75) is 13.3 Å². The van der Waals surface area contributed by atoms with Gasteiger partial charge in [0.25, 0.3) is 5.91 Å². The number of carbonyl (C=O) groups is 3. The van der Waals surface area contributed by atoms with E-state index in [0.717, 1.165) is 16.9 Å². The van der Waals surface area contributed by atoms with Crippen molar-refractivity contribution in [2.75, 3.05) is 17.7 Å². The van der Waals surface area contributed by atoms with Crippen molar-refractivity contribution in [3.05, 3.63) is 79.1 Å². The summed E-state index contributed by atoms with van der Waals surface area (Å²) in [5.74, 6) is -1.52. The Balaban J connectivity index is 1.87. The number of carbonyl (C=O) groups excluding carboxylic acids is 3. The van der Waals surface area contributed by atoms with Crippen LogP contribution in [0.3, 0.4) is 0 Å². The Morgan fingerprint density at radius 2 is 1.62 bits per heavy atom. The SMILES string of the molecule is COC(=O)c1c(NC(=O)Cc2ccc(Cl)cc2)sc(C(=O)Nc2cc(Cl)ccc2Cl)c1C. The van der Waals surface area contributed by atoms with Gasteiger partial charge in [0.1, 0.15) is 5.00 Å². The van der Waals surface area contributed by atoms with Crippen LogP contribution < -0.4 is 10.6 Å². The summed E-state index contributed by atoms with van der Waals surface area (Å²) < 4.78 is 4.85. The molecule has 0 radical (unpaired) electrons. The topological polar surface area (TPSA) is 84.5 Å². The molecule has 0 unspecified atom stereocenters. The zero-order valence-electron chi connectivity index (χ0n) is 16.9. The van der Waals surface area contributed by atoms with Crippen molar-refractivity contribution >= 4 is 74.6 Å². The number of esters is 1. The smallest absolute Gasteiger partial charge is 0.341 e. The molecule has 0 aliphatic heterocycles. The van der Waals surface area contributed by atoms with Crippen LogP contribution in [-0.4, -0.2) is 24.9 Å². The molecule has 0 fully saturated rings. The van der Waals surface area contributed by atoms with Crippen LogP contribution in [0.15, 0.2) is 42.5 Å². The van der Waals surface area contributed by atoms with Crippen molar-refractivity contribution in [3.63, 3.8) is 0 Å². The first-order chi connectivity index (χ1) is 15.2. The first kappa shape index (κ1) is 24.1. The summed E-state index contributed by atoms with van der Waals surface area (Å²) in [6.45, 7) is 1.60. The fourth-order valence-electron chi connectivity index (χ4n) is 2.90. The molecule has 3 rings (SSSR count). The van der Waals surface area contributed by atoms with E-state index in [9.17, 15) is 14.4 Å². The second kappa shape index (κ2) is 10.4. The molecule has 10 heteroatoms. The lowest BCUT2D eigenvalue weighted by Gasteiger charge is -2.07. The van der Waals surface area contributed by atoms with Crippen LogP contribution in [0.1, 0.15) is 31.2 Å². The Morgan fingerprint density at radius 1 is 0.969 bits per heavy atom. The maximum atomic E-state index is 12.9. The van der Waals surface area contributed by atoms with Crippen LogP contribution in [-0.2, 0) is 16.0 Å². The maximum absolute atomic E-state index is 12.9. The summed E-state index contributed by atoms with van der Waals surface area (Å²) in [7, 11) is 1.23. The highest BCUT2D eigenvalue weighted by Gasteiger charge is 2.26. The number of anilines is 2. The average molecular weight is 512 g/mol. The van der Waals surface area contributed by atoms with E-state index in [1.54, 1.807) is 43.3 Å². The molecule has 0 atom stereocenters. The Bertz CT molecular complexity index is 1190. The summed E-state index contributed by atoms with van der Waals surface area (Å²) in [4.78, 5) is 38.1. The molecule has 2 aromatic carbocycles. The van der Waals surface area contributed by atoms with Gasteiger partial charge in [-0.2, -0.15) is 0 Å². The quantitative estimate of drug-likeness (QED) is 0.384. The number of rotatable bonds is 6. The van der Waals surface area contributed by atoms with Gasteiger partial charge in [-0.3, -0.25) is 9.59 Å². The van der Waals surface area contributed by atoms with Crippen LogP contribution >= 0.6 is 46.1 Å². The molecule has 1 aromatic heterocycles. The van der Waals surface area contributed by atoms with Crippen molar-refractivity contribution in [1.82, 2.24) is 0 Å². The van der Waals surface area contributed by atoms with Crippen molar-refractivity contribution < 1.29 is 19.1 Å². The normalized spacial score (nSPS) is 10.5. The third kappa shape index (κ3) is 5.61. The molecular formula is C22H17Cl3N2O4S. The average Bonchev–Trinajstić information content (AvgIpc) is 3.07. The summed E-state index contributed by atoms with van der Waals surface area (Å²) in [6.07, 6.45) is 0.0639. The molecule has 0 spiro atoms. The minimum Gasteiger partial charge on any atom is -0.465 e. The molecule has 166 valence electrons. The molecular weight excluding hydrogens is 495 g/mol. The zero-order chi connectivity index (χ0) is 23.4. The van der Waals surface area contributed by atoms with Crippen LogP contribution in [0, 0.1) is 6.92 Å². The second-order valence-corrected chi connectivity index (χ2v) is 8.98. The highest BCUT2D eigenvalue weighted by molar-refractivity contribution is 7.19. The standard InChI is InChI=1S/C22H17Cl3N2O4S/c1-11-18(22(30)31-2)21(27-17(28)9-12-3-5-13(23)6-4-12)32-19(11)20(29)26-16-10-14(24)7-8-15(16)25/h3-8,10H,9H2,1-2H3,(H,26,29)(H,27,28). The second-order valence-electron chi connectivity index (χ2n) is 6.68. The van der Waals surface area contributed by atoms with E-state index in [1.165, 1.54) is 13.2 Å². The highest BCUT2D eigenvalue weighted by Crippen LogP contribution is 2.35. The van der Waals surface area contributed by atoms with E-state index in [2.05, 4.69) is 10.6 Å². The molecule has 3 aromatic rings. The summed E-state index contributed by atoms with van der Waals surface area (Å²) in [5, 5.41) is 6.88. The third-order valence-corrected chi connectivity index (χ3v) is 6.47. The predicted octanol–water partition coefficient (Wildman–Crippen LogP) is 6.24. The van der Waals surface area contributed by atoms with E-state index in [-0.39, 0.29) is 27.8 Å². The molecule has 0 bridgehead atoms. The van der Waals surface area contributed by atoms with E-state index in [4.69, 9.17) is 39.5 Å². The molecule has 1 heterocycles. The molecule has 6 nitrogen and oxygen atoms in total. The molecule has 0 aliphatic carbocycles. The summed E-state index contributed by atoms with van der Waals surface area (Å²) in [6, 6.07) is 11.5. The molecule has 32 heavy (non-hydrogen) atoms. The lowest BCUT2D eigenvalue weighted by Crippen LogP contribution is -2.16. The number of hydrogen-bond acceptors (Lipinski definition) is 5. The van der Waals surface area contributed by atoms with Gasteiger partial charge >= 0.3 is 5.97 Å². The number of methoxy groups -OCH3 is 1. The molecule has 0 aliphatic rings. The number of ether oxygens (including phenoxy) is 1. The van der Waals surface area contributed by atoms with E-state index in [0.29, 0.717) is 26.3 Å². The Labute approximate surface area is 203 Å². The fraction of sp³-hybridized carbons (Fsp3) is 0.136. The number of thiophene rings is 1.